The monoisotopic (exact) mass is 360 g/mol. The number of benzene rings is 1. The number of pyridine rings is 1. The smallest absolute Gasteiger partial charge is 0.270 e. The van der Waals surface area contributed by atoms with Crippen molar-refractivity contribution in [3.05, 3.63) is 59.2 Å². The van der Waals surface area contributed by atoms with Crippen LogP contribution in [-0.4, -0.2) is 34.3 Å². The molecule has 0 radical (unpaired) electrons. The van der Waals surface area contributed by atoms with Crippen LogP contribution < -0.4 is 10.1 Å². The number of aromatic nitrogens is 1. The first-order valence-electron chi connectivity index (χ1n) is 8.40. The van der Waals surface area contributed by atoms with Crippen LogP contribution in [0, 0.1) is 11.7 Å². The molecule has 0 spiro atoms. The fraction of sp³-hybridized carbons (Fsp3) is 0.368. The van der Waals surface area contributed by atoms with E-state index in [0.29, 0.717) is 24.0 Å². The molecule has 6 nitrogen and oxygen atoms in total. The first-order valence-corrected chi connectivity index (χ1v) is 8.40. The fourth-order valence-corrected chi connectivity index (χ4v) is 3.16. The molecule has 0 saturated heterocycles. The molecule has 1 saturated carbocycles. The Labute approximate surface area is 150 Å². The zero-order valence-electron chi connectivity index (χ0n) is 14.4. The topological polar surface area (TPSA) is 91.7 Å². The number of halogens is 1. The molecule has 1 amide bonds. The predicted octanol–water partition coefficient (Wildman–Crippen LogP) is 1.96. The maximum Gasteiger partial charge on any atom is 0.270 e. The highest BCUT2D eigenvalue weighted by atomic mass is 19.1. The van der Waals surface area contributed by atoms with Crippen molar-refractivity contribution in [3.63, 3.8) is 0 Å². The molecule has 1 aliphatic rings. The lowest BCUT2D eigenvalue weighted by molar-refractivity contribution is 0.0234. The number of rotatable bonds is 6. The molecule has 1 heterocycles. The summed E-state index contributed by atoms with van der Waals surface area (Å²) in [5.74, 6) is -0.792. The molecule has 0 bridgehead atoms. The van der Waals surface area contributed by atoms with Gasteiger partial charge in [0.15, 0.2) is 11.6 Å². The molecule has 138 valence electrons. The molecule has 0 aliphatic heterocycles. The van der Waals surface area contributed by atoms with E-state index >= 15 is 0 Å². The summed E-state index contributed by atoms with van der Waals surface area (Å²) in [6.07, 6.45) is 2.11. The van der Waals surface area contributed by atoms with Crippen molar-refractivity contribution in [2.75, 3.05) is 7.11 Å². The van der Waals surface area contributed by atoms with Gasteiger partial charge in [0.2, 0.25) is 0 Å². The second-order valence-electron chi connectivity index (χ2n) is 6.44. The molecular weight excluding hydrogens is 339 g/mol. The van der Waals surface area contributed by atoms with Crippen LogP contribution in [0.4, 0.5) is 4.39 Å². The van der Waals surface area contributed by atoms with E-state index in [4.69, 9.17) is 4.74 Å². The number of hydrogen-bond donors (Lipinski definition) is 3. The van der Waals surface area contributed by atoms with Crippen LogP contribution in [0.2, 0.25) is 0 Å². The zero-order valence-corrected chi connectivity index (χ0v) is 14.4. The third-order valence-corrected chi connectivity index (χ3v) is 4.68. The second-order valence-corrected chi connectivity index (χ2v) is 6.44. The highest BCUT2D eigenvalue weighted by Crippen LogP contribution is 2.39. The number of methoxy groups -OCH3 is 1. The van der Waals surface area contributed by atoms with E-state index in [0.717, 1.165) is 0 Å². The minimum absolute atomic E-state index is 0.00256. The summed E-state index contributed by atoms with van der Waals surface area (Å²) in [4.78, 5) is 16.6. The molecule has 7 heteroatoms. The van der Waals surface area contributed by atoms with Gasteiger partial charge in [-0.2, -0.15) is 0 Å². The quantitative estimate of drug-likeness (QED) is 0.733. The predicted molar refractivity (Wildman–Crippen MR) is 92.0 cm³/mol. The number of carbonyl (C=O) groups is 1. The molecule has 1 aromatic heterocycles. The van der Waals surface area contributed by atoms with Crippen LogP contribution in [0.25, 0.3) is 0 Å². The Morgan fingerprint density at radius 3 is 2.77 bits per heavy atom. The number of aliphatic hydroxyl groups excluding tert-OH is 2. The number of hydrogen-bond acceptors (Lipinski definition) is 5. The van der Waals surface area contributed by atoms with Crippen LogP contribution in [0.15, 0.2) is 36.5 Å². The van der Waals surface area contributed by atoms with Crippen molar-refractivity contribution < 1.29 is 24.1 Å². The highest BCUT2D eigenvalue weighted by Gasteiger charge is 2.36. The van der Waals surface area contributed by atoms with E-state index in [1.165, 1.54) is 31.5 Å². The van der Waals surface area contributed by atoms with E-state index in [2.05, 4.69) is 10.3 Å². The summed E-state index contributed by atoms with van der Waals surface area (Å²) < 4.78 is 19.0. The molecule has 1 aromatic carbocycles. The SMILES string of the molecule is COc1ccc([C@H](NC(=O)c2cc(CO)ccn2)C2CC(O)C2)cc1F. The van der Waals surface area contributed by atoms with Crippen molar-refractivity contribution >= 4 is 5.91 Å². The Hall–Kier alpha value is -2.51. The second kappa shape index (κ2) is 7.80. The molecule has 1 fully saturated rings. The summed E-state index contributed by atoms with van der Waals surface area (Å²) in [6, 6.07) is 7.24. The first-order chi connectivity index (χ1) is 12.5. The summed E-state index contributed by atoms with van der Waals surface area (Å²) in [7, 11) is 1.39. The van der Waals surface area contributed by atoms with Gasteiger partial charge < -0.3 is 20.3 Å². The van der Waals surface area contributed by atoms with Gasteiger partial charge >= 0.3 is 0 Å². The van der Waals surface area contributed by atoms with E-state index < -0.39 is 23.9 Å². The number of aliphatic hydroxyl groups is 2. The van der Waals surface area contributed by atoms with Crippen molar-refractivity contribution in [3.8, 4) is 5.75 Å². The van der Waals surface area contributed by atoms with Crippen LogP contribution in [-0.2, 0) is 6.61 Å². The van der Waals surface area contributed by atoms with Gasteiger partial charge in [-0.1, -0.05) is 6.07 Å². The number of nitrogens with one attached hydrogen (secondary N) is 1. The zero-order chi connectivity index (χ0) is 18.7. The van der Waals surface area contributed by atoms with Crippen LogP contribution in [0.5, 0.6) is 5.75 Å². The molecule has 1 atom stereocenters. The van der Waals surface area contributed by atoms with Crippen LogP contribution >= 0.6 is 0 Å². The lowest BCUT2D eigenvalue weighted by Gasteiger charge is -2.38. The van der Waals surface area contributed by atoms with Gasteiger partial charge in [-0.25, -0.2) is 4.39 Å². The van der Waals surface area contributed by atoms with Gasteiger partial charge in [0.1, 0.15) is 5.69 Å². The van der Waals surface area contributed by atoms with Gasteiger partial charge in [-0.05, 0) is 54.2 Å². The lowest BCUT2D eigenvalue weighted by atomic mass is 9.75. The van der Waals surface area contributed by atoms with E-state index in [1.54, 1.807) is 12.1 Å². The highest BCUT2D eigenvalue weighted by molar-refractivity contribution is 5.92. The average molecular weight is 360 g/mol. The van der Waals surface area contributed by atoms with Crippen LogP contribution in [0.1, 0.15) is 40.5 Å². The summed E-state index contributed by atoms with van der Waals surface area (Å²) in [5.41, 5.74) is 1.36. The number of carbonyl (C=O) groups excluding carboxylic acids is 1. The Bertz CT molecular complexity index is 793. The summed E-state index contributed by atoms with van der Waals surface area (Å²) >= 11 is 0. The Morgan fingerprint density at radius 2 is 2.15 bits per heavy atom. The van der Waals surface area contributed by atoms with E-state index in [-0.39, 0.29) is 24.0 Å². The Kier molecular flexibility index (Phi) is 5.49. The van der Waals surface area contributed by atoms with Crippen molar-refractivity contribution in [1.82, 2.24) is 10.3 Å². The number of ether oxygens (including phenoxy) is 1. The molecule has 26 heavy (non-hydrogen) atoms. The Morgan fingerprint density at radius 1 is 1.38 bits per heavy atom. The van der Waals surface area contributed by atoms with E-state index in [9.17, 15) is 19.4 Å². The maximum absolute atomic E-state index is 14.1. The molecule has 3 rings (SSSR count). The molecule has 0 unspecified atom stereocenters. The van der Waals surface area contributed by atoms with Crippen molar-refractivity contribution in [2.24, 2.45) is 5.92 Å². The largest absolute Gasteiger partial charge is 0.494 e. The number of nitrogens with zero attached hydrogens (tertiary/aromatic N) is 1. The third-order valence-electron chi connectivity index (χ3n) is 4.68. The Balaban J connectivity index is 1.84. The molecular formula is C19H21FN2O4. The molecule has 3 N–H and O–H groups in total. The normalized spacial score (nSPS) is 20.2. The van der Waals surface area contributed by atoms with Gasteiger partial charge in [0.25, 0.3) is 5.91 Å². The average Bonchev–Trinajstić information content (AvgIpc) is 2.63. The van der Waals surface area contributed by atoms with Crippen LogP contribution in [0.3, 0.4) is 0 Å². The summed E-state index contributed by atoms with van der Waals surface area (Å²) in [6.45, 7) is -0.190. The molecule has 1 aliphatic carbocycles. The minimum Gasteiger partial charge on any atom is -0.494 e. The van der Waals surface area contributed by atoms with Gasteiger partial charge in [0.05, 0.1) is 25.9 Å². The molecule has 2 aromatic rings. The van der Waals surface area contributed by atoms with Gasteiger partial charge in [-0.3, -0.25) is 9.78 Å². The standard InChI is InChI=1S/C19H21FN2O4/c1-26-17-3-2-12(9-15(17)20)18(13-7-14(24)8-13)22-19(25)16-6-11(10-23)4-5-21-16/h2-6,9,13-14,18,23-24H,7-8,10H2,1H3,(H,22,25)/t13?,14?,18-/m0/s1. The first kappa shape index (κ1) is 18.3. The lowest BCUT2D eigenvalue weighted by Crippen LogP contribution is -2.41. The minimum atomic E-state index is -0.510. The fourth-order valence-electron chi connectivity index (χ4n) is 3.16. The summed E-state index contributed by atoms with van der Waals surface area (Å²) in [5, 5.41) is 21.7. The van der Waals surface area contributed by atoms with Gasteiger partial charge in [0, 0.05) is 6.20 Å². The number of amides is 1. The van der Waals surface area contributed by atoms with Crippen molar-refractivity contribution in [2.45, 2.75) is 31.6 Å². The third kappa shape index (κ3) is 3.84. The van der Waals surface area contributed by atoms with Crippen molar-refractivity contribution in [1.29, 1.82) is 0 Å². The van der Waals surface area contributed by atoms with E-state index in [1.807, 2.05) is 0 Å². The van der Waals surface area contributed by atoms with Gasteiger partial charge in [-0.15, -0.1) is 0 Å². The maximum atomic E-state index is 14.1.